The summed E-state index contributed by atoms with van der Waals surface area (Å²) in [6.07, 6.45) is 2.48. The van der Waals surface area contributed by atoms with Gasteiger partial charge in [-0.2, -0.15) is 0 Å². The molecule has 1 saturated heterocycles. The highest BCUT2D eigenvalue weighted by molar-refractivity contribution is 6.99. The lowest BCUT2D eigenvalue weighted by atomic mass is 10.2. The van der Waals surface area contributed by atoms with E-state index >= 15 is 0 Å². The molecule has 3 heteroatoms. The van der Waals surface area contributed by atoms with Crippen LogP contribution in [0.15, 0.2) is 60.7 Å². The molecular formula is C21H29NOSi. The first-order valence-electron chi connectivity index (χ1n) is 9.02. The van der Waals surface area contributed by atoms with Gasteiger partial charge in [0.25, 0.3) is 8.32 Å². The Balaban J connectivity index is 2.06. The summed E-state index contributed by atoms with van der Waals surface area (Å²) >= 11 is 0. The van der Waals surface area contributed by atoms with Crippen LogP contribution in [0.4, 0.5) is 0 Å². The van der Waals surface area contributed by atoms with Crippen molar-refractivity contribution in [2.24, 2.45) is 0 Å². The van der Waals surface area contributed by atoms with Gasteiger partial charge < -0.3 is 9.74 Å². The van der Waals surface area contributed by atoms with Crippen molar-refractivity contribution in [1.29, 1.82) is 0 Å². The molecule has 0 aromatic heterocycles. The lowest BCUT2D eigenvalue weighted by molar-refractivity contribution is 0.261. The number of hydrogen-bond donors (Lipinski definition) is 1. The molecule has 0 aliphatic carbocycles. The second kappa shape index (κ2) is 7.22. The average molecular weight is 340 g/mol. The van der Waals surface area contributed by atoms with Crippen molar-refractivity contribution < 1.29 is 4.43 Å². The monoisotopic (exact) mass is 339 g/mol. The molecule has 1 aliphatic rings. The Morgan fingerprint density at radius 3 is 1.92 bits per heavy atom. The molecule has 1 atom stereocenters. The topological polar surface area (TPSA) is 21.3 Å². The van der Waals surface area contributed by atoms with Crippen LogP contribution >= 0.6 is 0 Å². The fourth-order valence-electron chi connectivity index (χ4n) is 3.89. The van der Waals surface area contributed by atoms with Crippen LogP contribution in [0.3, 0.4) is 0 Å². The highest BCUT2D eigenvalue weighted by atomic mass is 28.4. The Bertz CT molecular complexity index is 590. The summed E-state index contributed by atoms with van der Waals surface area (Å²) in [5.74, 6) is 0. The second-order valence-corrected chi connectivity index (χ2v) is 12.1. The predicted octanol–water partition coefficient (Wildman–Crippen LogP) is 3.32. The lowest BCUT2D eigenvalue weighted by Crippen LogP contribution is -2.67. The molecule has 1 N–H and O–H groups in total. The Morgan fingerprint density at radius 1 is 0.958 bits per heavy atom. The number of rotatable bonds is 5. The molecule has 3 rings (SSSR count). The first-order valence-corrected chi connectivity index (χ1v) is 10.9. The van der Waals surface area contributed by atoms with Crippen molar-refractivity contribution in [3.63, 3.8) is 0 Å². The molecule has 128 valence electrons. The van der Waals surface area contributed by atoms with Gasteiger partial charge in [0.2, 0.25) is 0 Å². The van der Waals surface area contributed by atoms with E-state index in [2.05, 4.69) is 86.8 Å². The molecule has 0 radical (unpaired) electrons. The Hall–Kier alpha value is -1.42. The number of benzene rings is 2. The van der Waals surface area contributed by atoms with E-state index in [1.807, 2.05) is 0 Å². The van der Waals surface area contributed by atoms with Gasteiger partial charge >= 0.3 is 0 Å². The highest BCUT2D eigenvalue weighted by Gasteiger charge is 2.50. The molecule has 0 bridgehead atoms. The zero-order valence-electron chi connectivity index (χ0n) is 15.1. The Kier molecular flexibility index (Phi) is 5.23. The zero-order chi connectivity index (χ0) is 17.0. The van der Waals surface area contributed by atoms with E-state index in [0.717, 1.165) is 13.2 Å². The zero-order valence-corrected chi connectivity index (χ0v) is 16.1. The van der Waals surface area contributed by atoms with Crippen molar-refractivity contribution >= 4 is 18.7 Å². The molecule has 0 saturated carbocycles. The molecule has 1 fully saturated rings. The standard InChI is InChI=1S/C21H29NOSi/c1-21(2,3)24(19-12-6-4-7-13-19,20-14-8-5-9-15-20)23-17-18-11-10-16-22-18/h4-9,12-15,18,22H,10-11,16-17H2,1-3H3/t18-/m0/s1. The summed E-state index contributed by atoms with van der Waals surface area (Å²) in [5, 5.41) is 6.37. The van der Waals surface area contributed by atoms with E-state index in [1.54, 1.807) is 0 Å². The van der Waals surface area contributed by atoms with Crippen LogP contribution in [-0.2, 0) is 4.43 Å². The first kappa shape index (κ1) is 17.4. The summed E-state index contributed by atoms with van der Waals surface area (Å²) in [6.45, 7) is 8.92. The van der Waals surface area contributed by atoms with E-state index in [1.165, 1.54) is 23.2 Å². The van der Waals surface area contributed by atoms with Gasteiger partial charge in [-0.25, -0.2) is 0 Å². The maximum atomic E-state index is 6.93. The van der Waals surface area contributed by atoms with Gasteiger partial charge in [-0.05, 0) is 34.8 Å². The van der Waals surface area contributed by atoms with Crippen LogP contribution in [0.25, 0.3) is 0 Å². The quantitative estimate of drug-likeness (QED) is 0.844. The summed E-state index contributed by atoms with van der Waals surface area (Å²) in [5.41, 5.74) is 0. The van der Waals surface area contributed by atoms with E-state index < -0.39 is 8.32 Å². The summed E-state index contributed by atoms with van der Waals surface area (Å²) in [4.78, 5) is 0. The minimum Gasteiger partial charge on any atom is -0.406 e. The largest absolute Gasteiger partial charge is 0.406 e. The molecule has 1 heterocycles. The third-order valence-electron chi connectivity index (χ3n) is 5.08. The molecule has 0 unspecified atom stereocenters. The molecule has 0 amide bonds. The van der Waals surface area contributed by atoms with Crippen molar-refractivity contribution in [3.8, 4) is 0 Å². The van der Waals surface area contributed by atoms with Crippen LogP contribution < -0.4 is 15.7 Å². The average Bonchev–Trinajstić information content (AvgIpc) is 3.10. The van der Waals surface area contributed by atoms with Gasteiger partial charge in [-0.3, -0.25) is 0 Å². The van der Waals surface area contributed by atoms with Gasteiger partial charge in [0, 0.05) is 6.04 Å². The molecule has 0 spiro atoms. The normalized spacial score (nSPS) is 18.7. The third-order valence-corrected chi connectivity index (χ3v) is 10.1. The smallest absolute Gasteiger partial charge is 0.261 e. The van der Waals surface area contributed by atoms with E-state index in [-0.39, 0.29) is 5.04 Å². The summed E-state index contributed by atoms with van der Waals surface area (Å²) in [7, 11) is -2.36. The van der Waals surface area contributed by atoms with Crippen molar-refractivity contribution in [3.05, 3.63) is 60.7 Å². The van der Waals surface area contributed by atoms with Crippen molar-refractivity contribution in [2.45, 2.75) is 44.7 Å². The predicted molar refractivity (Wildman–Crippen MR) is 105 cm³/mol. The van der Waals surface area contributed by atoms with Crippen LogP contribution in [0.5, 0.6) is 0 Å². The van der Waals surface area contributed by atoms with Crippen LogP contribution in [0.2, 0.25) is 5.04 Å². The SMILES string of the molecule is CC(C)(C)[Si](OC[C@@H]1CCCN1)(c1ccccc1)c1ccccc1. The molecule has 2 aromatic rings. The van der Waals surface area contributed by atoms with Gasteiger partial charge in [-0.15, -0.1) is 0 Å². The van der Waals surface area contributed by atoms with E-state index in [9.17, 15) is 0 Å². The molecular weight excluding hydrogens is 310 g/mol. The van der Waals surface area contributed by atoms with Gasteiger partial charge in [0.1, 0.15) is 0 Å². The fraction of sp³-hybridized carbons (Fsp3) is 0.429. The molecule has 1 aliphatic heterocycles. The fourth-order valence-corrected chi connectivity index (χ4v) is 8.49. The maximum absolute atomic E-state index is 6.93. The van der Waals surface area contributed by atoms with Crippen molar-refractivity contribution in [1.82, 2.24) is 5.32 Å². The van der Waals surface area contributed by atoms with Gasteiger partial charge in [0.15, 0.2) is 0 Å². The Labute approximate surface area is 147 Å². The number of hydrogen-bond acceptors (Lipinski definition) is 2. The summed E-state index contributed by atoms with van der Waals surface area (Å²) in [6, 6.07) is 22.3. The lowest BCUT2D eigenvalue weighted by Gasteiger charge is -2.43. The molecule has 2 nitrogen and oxygen atoms in total. The van der Waals surface area contributed by atoms with Crippen LogP contribution in [0.1, 0.15) is 33.6 Å². The van der Waals surface area contributed by atoms with E-state index in [0.29, 0.717) is 6.04 Å². The van der Waals surface area contributed by atoms with Gasteiger partial charge in [-0.1, -0.05) is 81.4 Å². The molecule has 2 aromatic carbocycles. The third kappa shape index (κ3) is 3.34. The number of nitrogens with one attached hydrogen (secondary N) is 1. The second-order valence-electron chi connectivity index (χ2n) is 7.77. The summed E-state index contributed by atoms with van der Waals surface area (Å²) < 4.78 is 6.93. The van der Waals surface area contributed by atoms with Crippen LogP contribution in [0, 0.1) is 0 Å². The van der Waals surface area contributed by atoms with E-state index in [4.69, 9.17) is 4.43 Å². The minimum absolute atomic E-state index is 0.0638. The molecule has 24 heavy (non-hydrogen) atoms. The maximum Gasteiger partial charge on any atom is 0.261 e. The Morgan fingerprint density at radius 2 is 1.50 bits per heavy atom. The van der Waals surface area contributed by atoms with Crippen LogP contribution in [-0.4, -0.2) is 27.5 Å². The van der Waals surface area contributed by atoms with Gasteiger partial charge in [0.05, 0.1) is 6.61 Å². The first-order chi connectivity index (χ1) is 11.5. The van der Waals surface area contributed by atoms with Crippen molar-refractivity contribution in [2.75, 3.05) is 13.2 Å². The highest BCUT2D eigenvalue weighted by Crippen LogP contribution is 2.36. The minimum atomic E-state index is -2.36.